The molecule has 0 saturated carbocycles. The summed E-state index contributed by atoms with van der Waals surface area (Å²) in [5.74, 6) is -0.615. The monoisotopic (exact) mass is 481 g/mol. The van der Waals surface area contributed by atoms with Gasteiger partial charge in [-0.05, 0) is 99.8 Å². The maximum Gasteiger partial charge on any atom is 0.270 e. The zero-order chi connectivity index (χ0) is 24.1. The third kappa shape index (κ3) is 4.30. The first kappa shape index (κ1) is 23.5. The number of hydrogen-bond acceptors (Lipinski definition) is 4. The van der Waals surface area contributed by atoms with Crippen LogP contribution in [0.3, 0.4) is 0 Å². The molecule has 1 fully saturated rings. The van der Waals surface area contributed by atoms with E-state index < -0.39 is 11.8 Å². The van der Waals surface area contributed by atoms with Crippen molar-refractivity contribution < 1.29 is 9.59 Å². The molecule has 1 N–H and O–H groups in total. The van der Waals surface area contributed by atoms with E-state index >= 15 is 0 Å². The van der Waals surface area contributed by atoms with E-state index in [1.54, 1.807) is 30.3 Å². The van der Waals surface area contributed by atoms with Crippen LogP contribution in [0.2, 0.25) is 5.02 Å². The van der Waals surface area contributed by atoms with E-state index in [1.165, 1.54) is 16.2 Å². The average Bonchev–Trinajstić information content (AvgIpc) is 2.70. The van der Waals surface area contributed by atoms with Gasteiger partial charge in [-0.3, -0.25) is 19.8 Å². The summed E-state index contributed by atoms with van der Waals surface area (Å²) in [5.41, 5.74) is 3.83. The van der Waals surface area contributed by atoms with Gasteiger partial charge in [-0.15, -0.1) is 0 Å². The maximum atomic E-state index is 13.3. The van der Waals surface area contributed by atoms with Crippen LogP contribution in [0.15, 0.2) is 48.0 Å². The van der Waals surface area contributed by atoms with Gasteiger partial charge in [0.25, 0.3) is 11.8 Å². The second kappa shape index (κ2) is 8.58. The number of fused-ring (bicyclic) bond motifs is 1. The molecule has 0 aliphatic carbocycles. The molecule has 0 spiro atoms. The van der Waals surface area contributed by atoms with Crippen molar-refractivity contribution in [1.82, 2.24) is 5.32 Å². The Hall–Kier alpha value is -2.70. The van der Waals surface area contributed by atoms with E-state index in [2.05, 4.69) is 57.0 Å². The van der Waals surface area contributed by atoms with Gasteiger partial charge in [-0.2, -0.15) is 0 Å². The van der Waals surface area contributed by atoms with Crippen LogP contribution in [0.5, 0.6) is 0 Å². The number of thiocarbonyl (C=S) groups is 1. The van der Waals surface area contributed by atoms with Crippen molar-refractivity contribution in [2.45, 2.75) is 58.5 Å². The highest BCUT2D eigenvalue weighted by Crippen LogP contribution is 2.44. The Morgan fingerprint density at radius 3 is 2.58 bits per heavy atom. The summed E-state index contributed by atoms with van der Waals surface area (Å²) in [6.07, 6.45) is 2.66. The molecule has 2 aliphatic rings. The second-order valence-electron chi connectivity index (χ2n) is 9.64. The van der Waals surface area contributed by atoms with E-state index in [0.29, 0.717) is 22.7 Å². The lowest BCUT2D eigenvalue weighted by Gasteiger charge is -2.50. The molecule has 4 rings (SSSR count). The normalized spacial score (nSPS) is 21.5. The average molecular weight is 482 g/mol. The quantitative estimate of drug-likeness (QED) is 0.348. The lowest BCUT2D eigenvalue weighted by atomic mass is 9.78. The summed E-state index contributed by atoms with van der Waals surface area (Å²) in [5, 5.41) is 3.15. The predicted molar refractivity (Wildman–Crippen MR) is 139 cm³/mol. The second-order valence-corrected chi connectivity index (χ2v) is 10.5. The van der Waals surface area contributed by atoms with Crippen molar-refractivity contribution in [3.8, 4) is 0 Å². The van der Waals surface area contributed by atoms with Gasteiger partial charge in [0.1, 0.15) is 5.57 Å². The predicted octanol–water partition coefficient (Wildman–Crippen LogP) is 5.67. The number of nitrogens with one attached hydrogen (secondary N) is 1. The fourth-order valence-corrected chi connectivity index (χ4v) is 5.68. The maximum absolute atomic E-state index is 13.3. The molecule has 2 aromatic rings. The number of nitrogens with zero attached hydrogens (tertiary/aromatic N) is 2. The van der Waals surface area contributed by atoms with E-state index in [-0.39, 0.29) is 16.2 Å². The van der Waals surface area contributed by atoms with Crippen LogP contribution in [0.25, 0.3) is 6.08 Å². The van der Waals surface area contributed by atoms with Crippen molar-refractivity contribution in [3.63, 3.8) is 0 Å². The summed E-state index contributed by atoms with van der Waals surface area (Å²) in [6.45, 7) is 11.2. The first-order chi connectivity index (χ1) is 15.5. The van der Waals surface area contributed by atoms with E-state index in [4.69, 9.17) is 23.8 Å². The largest absolute Gasteiger partial charge is 0.364 e. The summed E-state index contributed by atoms with van der Waals surface area (Å²) in [7, 11) is 0. The standard InChI is InChI=1S/C26H28ClN3O2S/c1-15(2)30-22-10-9-17(11-20(22)16(3)14-26(30,4)5)12-21-23(31)28-25(33)29(24(21)32)19-8-6-7-18(27)13-19/h6-13,15-16H,14H2,1-5H3,(H,28,31,33)/b21-12+/t16-/m0/s1. The molecule has 172 valence electrons. The van der Waals surface area contributed by atoms with Crippen molar-refractivity contribution in [3.05, 3.63) is 64.2 Å². The topological polar surface area (TPSA) is 52.7 Å². The summed E-state index contributed by atoms with van der Waals surface area (Å²) in [6, 6.07) is 13.3. The molecular weight excluding hydrogens is 454 g/mol. The SMILES string of the molecule is CC(C)N1c2ccc(/C=C3\C(=O)NC(=S)N(c4cccc(Cl)c4)C3=O)cc2[C@@H](C)CC1(C)C. The molecular formula is C26H28ClN3O2S. The number of carbonyl (C=O) groups excluding carboxylic acids is 2. The molecule has 0 unspecified atom stereocenters. The van der Waals surface area contributed by atoms with Gasteiger partial charge >= 0.3 is 0 Å². The first-order valence-electron chi connectivity index (χ1n) is 11.1. The highest BCUT2D eigenvalue weighted by atomic mass is 35.5. The third-order valence-corrected chi connectivity index (χ3v) is 6.82. The highest BCUT2D eigenvalue weighted by molar-refractivity contribution is 7.80. The fraction of sp³-hybridized carbons (Fsp3) is 0.346. The minimum Gasteiger partial charge on any atom is -0.364 e. The molecule has 0 aromatic heterocycles. The number of carbonyl (C=O) groups is 2. The Labute approximate surface area is 205 Å². The molecule has 2 heterocycles. The van der Waals surface area contributed by atoms with Gasteiger partial charge < -0.3 is 4.90 Å². The van der Waals surface area contributed by atoms with Crippen LogP contribution in [-0.2, 0) is 9.59 Å². The Morgan fingerprint density at radius 1 is 1.18 bits per heavy atom. The van der Waals surface area contributed by atoms with Gasteiger partial charge in [0.05, 0.1) is 5.69 Å². The van der Waals surface area contributed by atoms with Crippen LogP contribution >= 0.6 is 23.8 Å². The first-order valence-corrected chi connectivity index (χ1v) is 11.9. The molecule has 1 atom stereocenters. The van der Waals surface area contributed by atoms with E-state index in [1.807, 2.05) is 6.07 Å². The Morgan fingerprint density at radius 2 is 1.91 bits per heavy atom. The number of halogens is 1. The molecule has 2 amide bonds. The van der Waals surface area contributed by atoms with Crippen LogP contribution < -0.4 is 15.1 Å². The Bertz CT molecular complexity index is 1190. The molecule has 2 aliphatic heterocycles. The Balaban J connectivity index is 1.74. The zero-order valence-corrected chi connectivity index (χ0v) is 21.1. The minimum atomic E-state index is -0.501. The number of amides is 2. The number of benzene rings is 2. The van der Waals surface area contributed by atoms with Crippen molar-refractivity contribution in [2.75, 3.05) is 9.80 Å². The molecule has 5 nitrogen and oxygen atoms in total. The number of rotatable bonds is 3. The third-order valence-electron chi connectivity index (χ3n) is 6.30. The molecule has 33 heavy (non-hydrogen) atoms. The smallest absolute Gasteiger partial charge is 0.270 e. The van der Waals surface area contributed by atoms with Gasteiger partial charge in [0.15, 0.2) is 5.11 Å². The summed E-state index contributed by atoms with van der Waals surface area (Å²) in [4.78, 5) is 29.8. The molecule has 2 aromatic carbocycles. The van der Waals surface area contributed by atoms with Gasteiger partial charge in [-0.1, -0.05) is 30.7 Å². The molecule has 7 heteroatoms. The zero-order valence-electron chi connectivity index (χ0n) is 19.5. The van der Waals surface area contributed by atoms with Crippen LogP contribution in [0, 0.1) is 0 Å². The molecule has 0 bridgehead atoms. The molecule has 1 saturated heterocycles. The minimum absolute atomic E-state index is 0.0352. The van der Waals surface area contributed by atoms with Gasteiger partial charge in [-0.25, -0.2) is 0 Å². The molecule has 0 radical (unpaired) electrons. The fourth-order valence-electron chi connectivity index (χ4n) is 5.21. The number of hydrogen-bond donors (Lipinski definition) is 1. The van der Waals surface area contributed by atoms with Crippen LogP contribution in [-0.4, -0.2) is 28.5 Å². The lowest BCUT2D eigenvalue weighted by Crippen LogP contribution is -2.54. The lowest BCUT2D eigenvalue weighted by molar-refractivity contribution is -0.122. The van der Waals surface area contributed by atoms with Crippen LogP contribution in [0.4, 0.5) is 11.4 Å². The summed E-state index contributed by atoms with van der Waals surface area (Å²) < 4.78 is 0. The highest BCUT2D eigenvalue weighted by Gasteiger charge is 2.38. The van der Waals surface area contributed by atoms with Crippen molar-refractivity contribution >= 4 is 58.2 Å². The summed E-state index contributed by atoms with van der Waals surface area (Å²) >= 11 is 11.4. The van der Waals surface area contributed by atoms with Crippen molar-refractivity contribution in [2.24, 2.45) is 0 Å². The van der Waals surface area contributed by atoms with E-state index in [9.17, 15) is 9.59 Å². The van der Waals surface area contributed by atoms with Crippen LogP contribution in [0.1, 0.15) is 58.1 Å². The van der Waals surface area contributed by atoms with Crippen molar-refractivity contribution in [1.29, 1.82) is 0 Å². The van der Waals surface area contributed by atoms with Gasteiger partial charge in [0.2, 0.25) is 0 Å². The number of anilines is 2. The van der Waals surface area contributed by atoms with E-state index in [0.717, 1.165) is 12.0 Å². The van der Waals surface area contributed by atoms with Gasteiger partial charge in [0, 0.05) is 22.3 Å². The Kier molecular flexibility index (Phi) is 6.10.